The van der Waals surface area contributed by atoms with E-state index in [4.69, 9.17) is 0 Å². The van der Waals surface area contributed by atoms with E-state index in [1.807, 2.05) is 0 Å². The number of amides is 4. The van der Waals surface area contributed by atoms with Crippen molar-refractivity contribution in [2.75, 3.05) is 5.32 Å². The van der Waals surface area contributed by atoms with Gasteiger partial charge in [0.05, 0.1) is 0 Å². The summed E-state index contributed by atoms with van der Waals surface area (Å²) in [5.74, 6) is -1.34. The number of rotatable bonds is 4. The maximum absolute atomic E-state index is 13.5. The van der Waals surface area contributed by atoms with Gasteiger partial charge < -0.3 is 10.6 Å². The molecule has 0 spiro atoms. The quantitative estimate of drug-likeness (QED) is 0.583. The smallest absolute Gasteiger partial charge is 0.322 e. The van der Waals surface area contributed by atoms with E-state index in [0.717, 1.165) is 0 Å². The summed E-state index contributed by atoms with van der Waals surface area (Å²) in [6, 6.07) is 12.1. The number of carbonyl (C=O) groups excluding carboxylic acids is 3. The van der Waals surface area contributed by atoms with Gasteiger partial charge in [-0.05, 0) is 36.8 Å². The number of hydrogen-bond acceptors (Lipinski definition) is 3. The molecule has 0 saturated carbocycles. The Kier molecular flexibility index (Phi) is 4.53. The lowest BCUT2D eigenvalue weighted by Gasteiger charge is -2.21. The van der Waals surface area contributed by atoms with Crippen LogP contribution in [0.4, 0.5) is 14.9 Å². The molecule has 132 valence electrons. The van der Waals surface area contributed by atoms with Gasteiger partial charge in [-0.15, -0.1) is 0 Å². The van der Waals surface area contributed by atoms with Crippen LogP contribution in [0.15, 0.2) is 54.6 Å². The maximum Gasteiger partial charge on any atom is 0.322 e. The second kappa shape index (κ2) is 6.79. The lowest BCUT2D eigenvalue weighted by molar-refractivity contribution is -0.123. The Hall–Kier alpha value is -3.48. The molecule has 2 aromatic carbocycles. The number of halogens is 1. The van der Waals surface area contributed by atoms with Crippen molar-refractivity contribution in [3.63, 3.8) is 0 Å². The number of nitrogens with one attached hydrogen (secondary N) is 3. The topological polar surface area (TPSA) is 87.3 Å². The van der Waals surface area contributed by atoms with E-state index >= 15 is 0 Å². The number of hydrogen-bond donors (Lipinski definition) is 3. The lowest BCUT2D eigenvalue weighted by Crippen LogP contribution is -2.40. The summed E-state index contributed by atoms with van der Waals surface area (Å²) in [4.78, 5) is 35.5. The summed E-state index contributed by atoms with van der Waals surface area (Å²) in [5.41, 5.74) is 0.0627. The predicted molar refractivity (Wildman–Crippen MR) is 94.5 cm³/mol. The van der Waals surface area contributed by atoms with E-state index in [-0.39, 0.29) is 0 Å². The van der Waals surface area contributed by atoms with Gasteiger partial charge in [-0.3, -0.25) is 14.9 Å². The molecular formula is C19H16FN3O3. The third-order valence-corrected chi connectivity index (χ3v) is 4.07. The van der Waals surface area contributed by atoms with Crippen LogP contribution >= 0.6 is 0 Å². The minimum absolute atomic E-state index is 0.300. The minimum Gasteiger partial charge on any atom is -0.323 e. The van der Waals surface area contributed by atoms with E-state index in [0.29, 0.717) is 16.8 Å². The van der Waals surface area contributed by atoms with Gasteiger partial charge >= 0.3 is 6.03 Å². The third kappa shape index (κ3) is 3.46. The molecule has 0 bridgehead atoms. The van der Waals surface area contributed by atoms with Crippen LogP contribution in [0, 0.1) is 5.82 Å². The molecule has 1 unspecified atom stereocenters. The van der Waals surface area contributed by atoms with Crippen LogP contribution in [0.3, 0.4) is 0 Å². The molecule has 1 heterocycles. The Morgan fingerprint density at radius 3 is 2.62 bits per heavy atom. The van der Waals surface area contributed by atoms with Crippen LogP contribution in [0.5, 0.6) is 0 Å². The maximum atomic E-state index is 13.5. The Labute approximate surface area is 149 Å². The van der Waals surface area contributed by atoms with Gasteiger partial charge in [0.15, 0.2) is 0 Å². The van der Waals surface area contributed by atoms with Gasteiger partial charge in [-0.1, -0.05) is 30.3 Å². The molecular weight excluding hydrogens is 337 g/mol. The molecule has 0 aromatic heterocycles. The molecule has 1 fully saturated rings. The van der Waals surface area contributed by atoms with Crippen LogP contribution in [-0.4, -0.2) is 17.8 Å². The standard InChI is InChI=1S/C19H16FN3O3/c1-19(17(25)22-18(26)23-19)13-6-4-7-14(11-13)21-16(24)10-9-12-5-2-3-8-15(12)20/h2-11H,1H3,(H,21,24)(H2,22,23,25,26)/b10-9+. The van der Waals surface area contributed by atoms with Crippen molar-refractivity contribution >= 4 is 29.6 Å². The molecule has 0 aliphatic carbocycles. The number of carbonyl (C=O) groups is 3. The van der Waals surface area contributed by atoms with Crippen LogP contribution in [0.2, 0.25) is 0 Å². The minimum atomic E-state index is -1.21. The Morgan fingerprint density at radius 2 is 1.92 bits per heavy atom. The molecule has 6 nitrogen and oxygen atoms in total. The van der Waals surface area contributed by atoms with E-state index < -0.39 is 29.2 Å². The first-order valence-corrected chi connectivity index (χ1v) is 7.86. The summed E-state index contributed by atoms with van der Waals surface area (Å²) in [7, 11) is 0. The molecule has 1 atom stereocenters. The Balaban J connectivity index is 1.75. The molecule has 2 aromatic rings. The van der Waals surface area contributed by atoms with Gasteiger partial charge in [0.1, 0.15) is 11.4 Å². The monoisotopic (exact) mass is 353 g/mol. The fourth-order valence-electron chi connectivity index (χ4n) is 2.61. The first-order chi connectivity index (χ1) is 12.4. The highest BCUT2D eigenvalue weighted by atomic mass is 19.1. The van der Waals surface area contributed by atoms with E-state index in [2.05, 4.69) is 16.0 Å². The molecule has 3 rings (SSSR count). The van der Waals surface area contributed by atoms with Crippen LogP contribution < -0.4 is 16.0 Å². The summed E-state index contributed by atoms with van der Waals surface area (Å²) in [6.45, 7) is 1.58. The van der Waals surface area contributed by atoms with Crippen molar-refractivity contribution in [1.82, 2.24) is 10.6 Å². The summed E-state index contributed by atoms with van der Waals surface area (Å²) in [6.07, 6.45) is 2.59. The highest BCUT2D eigenvalue weighted by molar-refractivity contribution is 6.07. The molecule has 7 heteroatoms. The SMILES string of the molecule is CC1(c2cccc(NC(=O)/C=C/c3ccccc3F)c2)NC(=O)NC1=O. The van der Waals surface area contributed by atoms with Gasteiger partial charge in [0.25, 0.3) is 5.91 Å². The van der Waals surface area contributed by atoms with Gasteiger partial charge in [-0.2, -0.15) is 0 Å². The van der Waals surface area contributed by atoms with Gasteiger partial charge in [0.2, 0.25) is 5.91 Å². The van der Waals surface area contributed by atoms with Gasteiger partial charge in [0, 0.05) is 17.3 Å². The van der Waals surface area contributed by atoms with Crippen molar-refractivity contribution in [3.8, 4) is 0 Å². The second-order valence-corrected chi connectivity index (χ2v) is 5.96. The average Bonchev–Trinajstić information content (AvgIpc) is 2.87. The van der Waals surface area contributed by atoms with Crippen LogP contribution in [0.25, 0.3) is 6.08 Å². The summed E-state index contributed by atoms with van der Waals surface area (Å²) < 4.78 is 13.5. The fraction of sp³-hybridized carbons (Fsp3) is 0.105. The molecule has 0 radical (unpaired) electrons. The van der Waals surface area contributed by atoms with Gasteiger partial charge in [-0.25, -0.2) is 9.18 Å². The zero-order valence-corrected chi connectivity index (χ0v) is 13.9. The molecule has 1 aliphatic heterocycles. The van der Waals surface area contributed by atoms with Crippen molar-refractivity contribution < 1.29 is 18.8 Å². The first-order valence-electron chi connectivity index (χ1n) is 7.86. The fourth-order valence-corrected chi connectivity index (χ4v) is 2.61. The summed E-state index contributed by atoms with van der Waals surface area (Å²) >= 11 is 0. The van der Waals surface area contributed by atoms with Crippen molar-refractivity contribution in [2.45, 2.75) is 12.5 Å². The number of anilines is 1. The largest absolute Gasteiger partial charge is 0.323 e. The summed E-state index contributed by atoms with van der Waals surface area (Å²) in [5, 5.41) is 7.39. The predicted octanol–water partition coefficient (Wildman–Crippen LogP) is 2.53. The molecule has 1 saturated heterocycles. The molecule has 4 amide bonds. The third-order valence-electron chi connectivity index (χ3n) is 4.07. The van der Waals surface area contributed by atoms with Crippen molar-refractivity contribution in [3.05, 3.63) is 71.6 Å². The Bertz CT molecular complexity index is 926. The number of urea groups is 1. The van der Waals surface area contributed by atoms with Crippen molar-refractivity contribution in [1.29, 1.82) is 0 Å². The second-order valence-electron chi connectivity index (χ2n) is 5.96. The number of imide groups is 1. The highest BCUT2D eigenvalue weighted by Crippen LogP contribution is 2.26. The zero-order chi connectivity index (χ0) is 18.7. The van der Waals surface area contributed by atoms with Crippen LogP contribution in [-0.2, 0) is 15.1 Å². The van der Waals surface area contributed by atoms with E-state index in [1.54, 1.807) is 49.4 Å². The first kappa shape index (κ1) is 17.3. The highest BCUT2D eigenvalue weighted by Gasteiger charge is 2.43. The molecule has 1 aliphatic rings. The van der Waals surface area contributed by atoms with E-state index in [1.165, 1.54) is 18.2 Å². The molecule has 26 heavy (non-hydrogen) atoms. The normalized spacial score (nSPS) is 19.3. The van der Waals surface area contributed by atoms with Crippen LogP contribution in [0.1, 0.15) is 18.1 Å². The number of benzene rings is 2. The van der Waals surface area contributed by atoms with E-state index in [9.17, 15) is 18.8 Å². The average molecular weight is 353 g/mol. The molecule has 3 N–H and O–H groups in total. The van der Waals surface area contributed by atoms with Crippen molar-refractivity contribution in [2.24, 2.45) is 0 Å². The Morgan fingerprint density at radius 1 is 1.15 bits per heavy atom. The zero-order valence-electron chi connectivity index (χ0n) is 13.9. The lowest BCUT2D eigenvalue weighted by atomic mass is 9.92.